The Morgan fingerprint density at radius 2 is 2.00 bits per heavy atom. The quantitative estimate of drug-likeness (QED) is 0.651. The number of alkyl halides is 2. The van der Waals surface area contributed by atoms with Gasteiger partial charge in [-0.3, -0.25) is 0 Å². The van der Waals surface area contributed by atoms with Gasteiger partial charge >= 0.3 is 0 Å². The lowest BCUT2D eigenvalue weighted by atomic mass is 10.1. The summed E-state index contributed by atoms with van der Waals surface area (Å²) >= 11 is 0. The van der Waals surface area contributed by atoms with Crippen molar-refractivity contribution in [1.82, 2.24) is 0 Å². The third-order valence-electron chi connectivity index (χ3n) is 1.81. The van der Waals surface area contributed by atoms with E-state index in [1.54, 1.807) is 6.92 Å². The molecular weight excluding hydrogens is 196 g/mol. The van der Waals surface area contributed by atoms with Crippen molar-refractivity contribution in [2.75, 3.05) is 0 Å². The number of hydrogen-bond acceptors (Lipinski definition) is 0. The minimum absolute atomic E-state index is 0.250. The van der Waals surface area contributed by atoms with Gasteiger partial charge in [-0.2, -0.15) is 8.78 Å². The summed E-state index contributed by atoms with van der Waals surface area (Å²) in [5, 5.41) is 0. The van der Waals surface area contributed by atoms with E-state index in [0.29, 0.717) is 12.0 Å². The van der Waals surface area contributed by atoms with Crippen LogP contribution in [0.1, 0.15) is 18.1 Å². The number of benzene rings is 1. The number of rotatable bonds is 2. The zero-order chi connectivity index (χ0) is 10.1. The van der Waals surface area contributed by atoms with E-state index in [9.17, 15) is 13.2 Å². The standard InChI is InChI=1S/C9H10F3P/c1-2-6-3-4-7(10)5-8(6)9(11,12)13/h3-5H,2,13H2,1H3. The molecule has 1 atom stereocenters. The monoisotopic (exact) mass is 206 g/mol. The SMILES string of the molecule is CCc1ccc(F)cc1C(F)(F)P. The predicted octanol–water partition coefficient (Wildman–Crippen LogP) is 3.31. The lowest BCUT2D eigenvalue weighted by molar-refractivity contribution is 0.102. The first kappa shape index (κ1) is 10.5. The summed E-state index contributed by atoms with van der Waals surface area (Å²) in [4.78, 5) is 0. The molecule has 0 N–H and O–H groups in total. The van der Waals surface area contributed by atoms with Crippen molar-refractivity contribution in [1.29, 1.82) is 0 Å². The van der Waals surface area contributed by atoms with Crippen molar-refractivity contribution in [3.63, 3.8) is 0 Å². The molecule has 0 radical (unpaired) electrons. The molecule has 1 unspecified atom stereocenters. The van der Waals surface area contributed by atoms with Crippen molar-refractivity contribution in [2.24, 2.45) is 0 Å². The van der Waals surface area contributed by atoms with E-state index in [-0.39, 0.29) is 5.56 Å². The first-order valence-electron chi connectivity index (χ1n) is 3.90. The van der Waals surface area contributed by atoms with Gasteiger partial charge in [0.1, 0.15) is 5.82 Å². The summed E-state index contributed by atoms with van der Waals surface area (Å²) in [6.45, 7) is 1.76. The fourth-order valence-electron chi connectivity index (χ4n) is 1.17. The third kappa shape index (κ3) is 2.44. The van der Waals surface area contributed by atoms with Gasteiger partial charge in [0.05, 0.1) is 0 Å². The van der Waals surface area contributed by atoms with Crippen LogP contribution in [0.4, 0.5) is 13.2 Å². The number of halogens is 3. The van der Waals surface area contributed by atoms with Crippen molar-refractivity contribution in [2.45, 2.75) is 19.0 Å². The average molecular weight is 206 g/mol. The van der Waals surface area contributed by atoms with Crippen LogP contribution in [0, 0.1) is 5.82 Å². The van der Waals surface area contributed by atoms with E-state index in [0.717, 1.165) is 6.07 Å². The van der Waals surface area contributed by atoms with Crippen LogP contribution in [0.2, 0.25) is 0 Å². The Labute approximate surface area is 77.4 Å². The van der Waals surface area contributed by atoms with Gasteiger partial charge in [-0.25, -0.2) is 4.39 Å². The Morgan fingerprint density at radius 3 is 2.46 bits per heavy atom. The summed E-state index contributed by atoms with van der Waals surface area (Å²) in [6.07, 6.45) is 0.472. The predicted molar refractivity (Wildman–Crippen MR) is 49.4 cm³/mol. The molecule has 0 aliphatic carbocycles. The number of aryl methyl sites for hydroxylation is 1. The average Bonchev–Trinajstić information content (AvgIpc) is 2.03. The van der Waals surface area contributed by atoms with Gasteiger partial charge in [-0.05, 0) is 24.1 Å². The van der Waals surface area contributed by atoms with Crippen LogP contribution in [0.3, 0.4) is 0 Å². The van der Waals surface area contributed by atoms with Gasteiger partial charge in [-0.15, -0.1) is 0 Å². The van der Waals surface area contributed by atoms with Crippen LogP contribution in [0.25, 0.3) is 0 Å². The molecule has 0 aliphatic rings. The molecule has 0 aromatic heterocycles. The molecule has 0 bridgehead atoms. The van der Waals surface area contributed by atoms with Crippen molar-refractivity contribution < 1.29 is 13.2 Å². The van der Waals surface area contributed by atoms with Crippen LogP contribution in [0.15, 0.2) is 18.2 Å². The van der Waals surface area contributed by atoms with Gasteiger partial charge in [0, 0.05) is 5.56 Å². The maximum absolute atomic E-state index is 12.9. The van der Waals surface area contributed by atoms with Crippen LogP contribution in [0.5, 0.6) is 0 Å². The molecule has 0 amide bonds. The van der Waals surface area contributed by atoms with E-state index < -0.39 is 11.5 Å². The van der Waals surface area contributed by atoms with E-state index in [4.69, 9.17) is 0 Å². The third-order valence-corrected chi connectivity index (χ3v) is 2.12. The molecule has 0 saturated heterocycles. The number of hydrogen-bond donors (Lipinski definition) is 0. The zero-order valence-electron chi connectivity index (χ0n) is 7.15. The lowest BCUT2D eigenvalue weighted by Crippen LogP contribution is -2.07. The molecule has 0 fully saturated rings. The van der Waals surface area contributed by atoms with Gasteiger partial charge in [0.15, 0.2) is 0 Å². The molecular formula is C9H10F3P. The summed E-state index contributed by atoms with van der Waals surface area (Å²) in [5.74, 6) is -0.630. The molecule has 13 heavy (non-hydrogen) atoms. The fraction of sp³-hybridized carbons (Fsp3) is 0.333. The summed E-state index contributed by atoms with van der Waals surface area (Å²) < 4.78 is 38.4. The molecule has 1 rings (SSSR count). The van der Waals surface area contributed by atoms with E-state index in [1.165, 1.54) is 21.4 Å². The van der Waals surface area contributed by atoms with E-state index >= 15 is 0 Å². The second-order valence-electron chi connectivity index (χ2n) is 2.78. The topological polar surface area (TPSA) is 0 Å². The van der Waals surface area contributed by atoms with Crippen molar-refractivity contribution in [3.8, 4) is 0 Å². The highest BCUT2D eigenvalue weighted by atomic mass is 31.0. The van der Waals surface area contributed by atoms with E-state index in [1.807, 2.05) is 0 Å². The van der Waals surface area contributed by atoms with Crippen molar-refractivity contribution in [3.05, 3.63) is 35.1 Å². The molecule has 72 valence electrons. The Morgan fingerprint density at radius 1 is 1.38 bits per heavy atom. The highest BCUT2D eigenvalue weighted by molar-refractivity contribution is 7.17. The Balaban J connectivity index is 3.24. The molecule has 0 heterocycles. The van der Waals surface area contributed by atoms with Gasteiger partial charge < -0.3 is 0 Å². The van der Waals surface area contributed by atoms with Crippen LogP contribution in [-0.2, 0) is 12.1 Å². The summed E-state index contributed by atoms with van der Waals surface area (Å²) in [6, 6.07) is 3.47. The molecule has 4 heteroatoms. The minimum Gasteiger partial charge on any atom is -0.207 e. The first-order valence-corrected chi connectivity index (χ1v) is 4.48. The molecule has 1 aromatic rings. The fourth-order valence-corrected chi connectivity index (χ4v) is 1.44. The highest BCUT2D eigenvalue weighted by Gasteiger charge is 2.27. The second-order valence-corrected chi connectivity index (χ2v) is 3.50. The zero-order valence-corrected chi connectivity index (χ0v) is 8.31. The van der Waals surface area contributed by atoms with Crippen LogP contribution >= 0.6 is 9.24 Å². The largest absolute Gasteiger partial charge is 0.284 e. The van der Waals surface area contributed by atoms with Gasteiger partial charge in [0.2, 0.25) is 0 Å². The second kappa shape index (κ2) is 3.67. The van der Waals surface area contributed by atoms with Gasteiger partial charge in [-0.1, -0.05) is 22.2 Å². The van der Waals surface area contributed by atoms with Crippen molar-refractivity contribution >= 4 is 9.24 Å². The molecule has 0 saturated carbocycles. The molecule has 1 aromatic carbocycles. The summed E-state index contributed by atoms with van der Waals surface area (Å²) in [7, 11) is 1.42. The Hall–Kier alpha value is -0.560. The Kier molecular flexibility index (Phi) is 2.97. The molecule has 0 spiro atoms. The molecule has 0 nitrogen and oxygen atoms in total. The Bertz CT molecular complexity index is 304. The lowest BCUT2D eigenvalue weighted by Gasteiger charge is -2.14. The smallest absolute Gasteiger partial charge is 0.207 e. The maximum Gasteiger partial charge on any atom is 0.284 e. The minimum atomic E-state index is -3.05. The first-order chi connectivity index (χ1) is 5.95. The maximum atomic E-state index is 12.9. The van der Waals surface area contributed by atoms with Crippen LogP contribution in [-0.4, -0.2) is 0 Å². The highest BCUT2D eigenvalue weighted by Crippen LogP contribution is 2.37. The van der Waals surface area contributed by atoms with Gasteiger partial charge in [0.25, 0.3) is 5.66 Å². The summed E-state index contributed by atoms with van der Waals surface area (Å²) in [5.41, 5.74) is -2.82. The van der Waals surface area contributed by atoms with E-state index in [2.05, 4.69) is 0 Å². The normalized spacial score (nSPS) is 11.8. The molecule has 0 aliphatic heterocycles. The van der Waals surface area contributed by atoms with Crippen LogP contribution < -0.4 is 0 Å².